The molecule has 2 aliphatic rings. The molecule has 4 rings (SSSR count). The van der Waals surface area contributed by atoms with E-state index in [1.54, 1.807) is 0 Å². The van der Waals surface area contributed by atoms with Crippen LogP contribution in [0.25, 0.3) is 0 Å². The van der Waals surface area contributed by atoms with E-state index >= 15 is 0 Å². The third kappa shape index (κ3) is 4.86. The average Bonchev–Trinajstić information content (AvgIpc) is 3.46. The average molecular weight is 591 g/mol. The number of carboxylic acids is 1. The van der Waals surface area contributed by atoms with Crippen molar-refractivity contribution in [3.63, 3.8) is 0 Å². The van der Waals surface area contributed by atoms with Crippen molar-refractivity contribution in [2.45, 2.75) is 74.5 Å². The molecule has 1 aromatic heterocycles. The van der Waals surface area contributed by atoms with Crippen molar-refractivity contribution in [1.82, 2.24) is 20.2 Å². The van der Waals surface area contributed by atoms with E-state index in [-0.39, 0.29) is 24.6 Å². The molecule has 8 atom stereocenters. The zero-order valence-corrected chi connectivity index (χ0v) is 23.5. The normalized spacial score (nSPS) is 31.6. The number of aromatic nitrogens is 4. The van der Waals surface area contributed by atoms with Gasteiger partial charge in [-0.2, -0.15) is 0 Å². The summed E-state index contributed by atoms with van der Waals surface area (Å²) in [5.41, 5.74) is -5.03. The van der Waals surface area contributed by atoms with Gasteiger partial charge in [0.15, 0.2) is 17.7 Å². The number of rotatable bonds is 11. The van der Waals surface area contributed by atoms with Gasteiger partial charge in [0.2, 0.25) is 11.2 Å². The number of tetrazole rings is 1. The molecule has 2 aliphatic heterocycles. The number of nitrogens with zero attached hydrogens (tertiary/aromatic N) is 4. The number of aliphatic hydroxyl groups excluding tert-OH is 2. The number of aliphatic carboxylic acids is 1. The summed E-state index contributed by atoms with van der Waals surface area (Å²) in [5, 5.41) is 55.2. The van der Waals surface area contributed by atoms with E-state index in [2.05, 4.69) is 22.1 Å². The van der Waals surface area contributed by atoms with Crippen LogP contribution in [0.4, 0.5) is 0 Å². The second kappa shape index (κ2) is 11.5. The van der Waals surface area contributed by atoms with Gasteiger partial charge in [-0.15, -0.1) is 5.10 Å². The summed E-state index contributed by atoms with van der Waals surface area (Å²) in [7, 11) is 2.23. The molecule has 2 aromatic rings. The van der Waals surface area contributed by atoms with Crippen LogP contribution in [0.3, 0.4) is 0 Å². The monoisotopic (exact) mass is 590 g/mol. The molecular formula is C27H34N4O11. The van der Waals surface area contributed by atoms with Crippen molar-refractivity contribution >= 4 is 17.9 Å². The first kappa shape index (κ1) is 31.2. The van der Waals surface area contributed by atoms with Crippen molar-refractivity contribution in [3.8, 4) is 0 Å². The van der Waals surface area contributed by atoms with E-state index in [9.17, 15) is 34.8 Å². The number of carbonyl (C=O) groups excluding carboxylic acids is 2. The second-order valence-corrected chi connectivity index (χ2v) is 10.6. The van der Waals surface area contributed by atoms with Crippen molar-refractivity contribution < 1.29 is 53.8 Å². The summed E-state index contributed by atoms with van der Waals surface area (Å²) in [5.74, 6) is -6.91. The van der Waals surface area contributed by atoms with E-state index in [1.807, 2.05) is 37.3 Å². The minimum absolute atomic E-state index is 0.0585. The molecule has 0 spiro atoms. The number of fused-ring (bicyclic) bond motifs is 2. The van der Waals surface area contributed by atoms with Crippen LogP contribution in [0, 0.1) is 5.92 Å². The Bertz CT molecular complexity index is 1350. The number of carboxylic acid groups (broad SMARTS) is 1. The summed E-state index contributed by atoms with van der Waals surface area (Å²) >= 11 is 0. The first-order valence-electron chi connectivity index (χ1n) is 13.1. The Kier molecular flexibility index (Phi) is 8.53. The summed E-state index contributed by atoms with van der Waals surface area (Å²) < 4.78 is 23.0. The number of aryl methyl sites for hydroxylation is 1. The highest BCUT2D eigenvalue weighted by atomic mass is 16.8. The summed E-state index contributed by atoms with van der Waals surface area (Å²) in [4.78, 5) is 37.7. The molecule has 0 radical (unpaired) electrons. The number of aliphatic hydroxyl groups is 3. The van der Waals surface area contributed by atoms with Gasteiger partial charge in [0.05, 0.1) is 7.11 Å². The molecule has 0 unspecified atom stereocenters. The van der Waals surface area contributed by atoms with Crippen LogP contribution in [-0.4, -0.2) is 101 Å². The molecule has 2 saturated heterocycles. The van der Waals surface area contributed by atoms with Crippen LogP contribution in [0.1, 0.15) is 44.2 Å². The lowest BCUT2D eigenvalue weighted by Gasteiger charge is -2.49. The number of ether oxygens (including phenoxy) is 4. The number of carbonyl (C=O) groups is 3. The topological polar surface area (TPSA) is 213 Å². The smallest absolute Gasteiger partial charge is 0.345 e. The van der Waals surface area contributed by atoms with Crippen LogP contribution < -0.4 is 0 Å². The lowest BCUT2D eigenvalue weighted by Crippen LogP contribution is -2.74. The van der Waals surface area contributed by atoms with E-state index < -0.39 is 59.3 Å². The van der Waals surface area contributed by atoms with E-state index in [0.717, 1.165) is 17.4 Å². The Balaban J connectivity index is 1.70. The molecule has 3 heterocycles. The number of methoxy groups -OCH3 is 1. The van der Waals surface area contributed by atoms with E-state index in [0.29, 0.717) is 12.0 Å². The Labute approximate surface area is 240 Å². The third-order valence-corrected chi connectivity index (χ3v) is 7.87. The molecule has 0 saturated carbocycles. The third-order valence-electron chi connectivity index (χ3n) is 7.87. The highest BCUT2D eigenvalue weighted by Gasteiger charge is 2.84. The molecule has 1 aromatic carbocycles. The van der Waals surface area contributed by atoms with Crippen molar-refractivity contribution in [2.75, 3.05) is 7.11 Å². The van der Waals surface area contributed by atoms with Gasteiger partial charge in [0.1, 0.15) is 18.3 Å². The Hall–Kier alpha value is -3.76. The molecule has 15 heteroatoms. The minimum atomic E-state index is -3.25. The molecule has 228 valence electrons. The minimum Gasteiger partial charge on any atom is -0.479 e. The lowest BCUT2D eigenvalue weighted by molar-refractivity contribution is -0.384. The molecule has 0 aliphatic carbocycles. The first-order chi connectivity index (χ1) is 19.7. The van der Waals surface area contributed by atoms with E-state index in [1.165, 1.54) is 14.0 Å². The van der Waals surface area contributed by atoms with Crippen LogP contribution >= 0.6 is 0 Å². The predicted octanol–water partition coefficient (Wildman–Crippen LogP) is -0.396. The fourth-order valence-electron chi connectivity index (χ4n) is 5.79. The lowest BCUT2D eigenvalue weighted by atomic mass is 9.74. The molecule has 42 heavy (non-hydrogen) atoms. The van der Waals surface area contributed by atoms with Gasteiger partial charge in [-0.1, -0.05) is 43.8 Å². The first-order valence-corrected chi connectivity index (χ1v) is 13.1. The molecule has 2 bridgehead atoms. The van der Waals surface area contributed by atoms with Crippen LogP contribution in [0.15, 0.2) is 42.5 Å². The number of hydrogen-bond donors (Lipinski definition) is 4. The van der Waals surface area contributed by atoms with Gasteiger partial charge in [-0.3, -0.25) is 4.79 Å². The second-order valence-electron chi connectivity index (χ2n) is 10.6. The van der Waals surface area contributed by atoms with Crippen LogP contribution in [0.5, 0.6) is 0 Å². The van der Waals surface area contributed by atoms with Gasteiger partial charge in [-0.25, -0.2) is 14.3 Å². The van der Waals surface area contributed by atoms with Crippen LogP contribution in [0.2, 0.25) is 0 Å². The van der Waals surface area contributed by atoms with Crippen molar-refractivity contribution in [2.24, 2.45) is 13.0 Å². The maximum atomic E-state index is 13.0. The summed E-state index contributed by atoms with van der Waals surface area (Å²) in [6.07, 6.45) is -7.09. The summed E-state index contributed by atoms with van der Waals surface area (Å²) in [6, 6.07) is 9.50. The van der Waals surface area contributed by atoms with Gasteiger partial charge >= 0.3 is 17.9 Å². The number of hydrogen-bond acceptors (Lipinski definition) is 13. The molecular weight excluding hydrogens is 556 g/mol. The molecule has 2 fully saturated rings. The standard InChI is InChI=1S/C27H34N4O11/c1-14(18(40-16(3)32)15(2)13-17-9-7-6-8-10-17)11-12-25-19(33)20(34)27(42-25,23(35)36)26(38,24(37)39-5)21(41-25)22-28-29-30-31(22)4/h6-10,15,18-21,33-34,38H,1,11-13H2,2-5H3,(H,35,36)/t15-,18-,19-,20-,21-,25+,26-,27+/m1/s1. The highest BCUT2D eigenvalue weighted by Crippen LogP contribution is 2.58. The maximum Gasteiger partial charge on any atom is 0.345 e. The Morgan fingerprint density at radius 1 is 1.19 bits per heavy atom. The van der Waals surface area contributed by atoms with Gasteiger partial charge in [0.25, 0.3) is 0 Å². The predicted molar refractivity (Wildman–Crippen MR) is 139 cm³/mol. The van der Waals surface area contributed by atoms with Crippen LogP contribution in [-0.2, 0) is 46.8 Å². The highest BCUT2D eigenvalue weighted by molar-refractivity contribution is 5.94. The largest absolute Gasteiger partial charge is 0.479 e. The zero-order chi connectivity index (χ0) is 31.0. The SMILES string of the molecule is C=C(CC[C@]12O[C@H](c3nnnn3C)[C@@](O)(C(=O)OC)[C@](C(=O)O)(O1)[C@H](O)[C@H]2O)[C@@H](OC(C)=O)[C@H](C)Cc1ccccc1. The fraction of sp³-hybridized carbons (Fsp3) is 0.556. The quantitative estimate of drug-likeness (QED) is 0.194. The van der Waals surface area contributed by atoms with Gasteiger partial charge in [0, 0.05) is 26.3 Å². The van der Waals surface area contributed by atoms with Gasteiger partial charge in [-0.05, 0) is 34.4 Å². The number of benzene rings is 1. The van der Waals surface area contributed by atoms with Crippen molar-refractivity contribution in [1.29, 1.82) is 0 Å². The number of esters is 2. The Morgan fingerprint density at radius 3 is 2.40 bits per heavy atom. The molecule has 15 nitrogen and oxygen atoms in total. The fourth-order valence-corrected chi connectivity index (χ4v) is 5.79. The molecule has 4 N–H and O–H groups in total. The van der Waals surface area contributed by atoms with Crippen molar-refractivity contribution in [3.05, 3.63) is 53.9 Å². The zero-order valence-electron chi connectivity index (χ0n) is 23.5. The van der Waals surface area contributed by atoms with Gasteiger partial charge < -0.3 is 39.4 Å². The Morgan fingerprint density at radius 2 is 1.86 bits per heavy atom. The summed E-state index contributed by atoms with van der Waals surface area (Å²) in [6.45, 7) is 7.20. The maximum absolute atomic E-state index is 13.0. The molecule has 0 amide bonds. The van der Waals surface area contributed by atoms with E-state index in [4.69, 9.17) is 18.9 Å².